The van der Waals surface area contributed by atoms with Gasteiger partial charge in [0.05, 0.1) is 28.7 Å². The van der Waals surface area contributed by atoms with E-state index in [0.29, 0.717) is 11.3 Å². The highest BCUT2D eigenvalue weighted by Crippen LogP contribution is 2.25. The van der Waals surface area contributed by atoms with E-state index in [1.165, 1.54) is 0 Å². The van der Waals surface area contributed by atoms with Crippen molar-refractivity contribution >= 4 is 11.4 Å². The fourth-order valence-electron chi connectivity index (χ4n) is 1.73. The molecule has 4 heteroatoms. The van der Waals surface area contributed by atoms with Crippen LogP contribution in [0.5, 0.6) is 0 Å². The highest BCUT2D eigenvalue weighted by Gasteiger charge is 2.09. The molecule has 18 heavy (non-hydrogen) atoms. The lowest BCUT2D eigenvalue weighted by atomic mass is 10.1. The molecule has 0 fully saturated rings. The number of nitrogens with two attached hydrogens (primary N) is 1. The summed E-state index contributed by atoms with van der Waals surface area (Å²) in [5.74, 6) is 0. The summed E-state index contributed by atoms with van der Waals surface area (Å²) in [6, 6.07) is 13.2. The molecule has 1 atom stereocenters. The number of anilines is 2. The third-order valence-electron chi connectivity index (χ3n) is 2.73. The highest BCUT2D eigenvalue weighted by molar-refractivity contribution is 5.73. The maximum Gasteiger partial charge on any atom is 0.101 e. The van der Waals surface area contributed by atoms with E-state index in [2.05, 4.69) is 16.4 Å². The second kappa shape index (κ2) is 5.19. The molecule has 3 N–H and O–H groups in total. The predicted molar refractivity (Wildman–Crippen MR) is 71.8 cm³/mol. The van der Waals surface area contributed by atoms with Gasteiger partial charge in [-0.3, -0.25) is 4.98 Å². The molecular weight excluding hydrogens is 224 g/mol. The summed E-state index contributed by atoms with van der Waals surface area (Å²) in [6.45, 7) is 2.00. The number of hydrogen-bond donors (Lipinski definition) is 2. The van der Waals surface area contributed by atoms with Crippen LogP contribution in [-0.4, -0.2) is 4.98 Å². The Morgan fingerprint density at radius 2 is 2.11 bits per heavy atom. The Morgan fingerprint density at radius 1 is 1.28 bits per heavy atom. The number of rotatable bonds is 3. The van der Waals surface area contributed by atoms with Gasteiger partial charge in [-0.15, -0.1) is 0 Å². The number of hydrogen-bond acceptors (Lipinski definition) is 4. The average molecular weight is 238 g/mol. The van der Waals surface area contributed by atoms with E-state index in [1.807, 2.05) is 37.3 Å². The predicted octanol–water partition coefficient (Wildman–Crippen LogP) is 2.71. The van der Waals surface area contributed by atoms with Crippen LogP contribution in [0, 0.1) is 11.3 Å². The Kier molecular flexibility index (Phi) is 3.44. The molecule has 0 aliphatic rings. The lowest BCUT2D eigenvalue weighted by Crippen LogP contribution is -2.10. The second-order valence-corrected chi connectivity index (χ2v) is 4.00. The molecule has 1 unspecified atom stereocenters. The van der Waals surface area contributed by atoms with Crippen molar-refractivity contribution in [3.8, 4) is 6.07 Å². The fraction of sp³-hybridized carbons (Fsp3) is 0.143. The van der Waals surface area contributed by atoms with Gasteiger partial charge in [0.15, 0.2) is 0 Å². The minimum Gasteiger partial charge on any atom is -0.396 e. The lowest BCUT2D eigenvalue weighted by Gasteiger charge is -2.16. The first-order valence-corrected chi connectivity index (χ1v) is 5.68. The normalized spacial score (nSPS) is 11.6. The van der Waals surface area contributed by atoms with E-state index in [0.717, 1.165) is 11.4 Å². The van der Waals surface area contributed by atoms with E-state index in [4.69, 9.17) is 11.0 Å². The van der Waals surface area contributed by atoms with Crippen molar-refractivity contribution in [1.29, 1.82) is 5.26 Å². The van der Waals surface area contributed by atoms with Crippen molar-refractivity contribution in [1.82, 2.24) is 4.98 Å². The Balaban J connectivity index is 2.23. The molecule has 0 saturated carbocycles. The highest BCUT2D eigenvalue weighted by atomic mass is 15.0. The zero-order valence-corrected chi connectivity index (χ0v) is 10.1. The summed E-state index contributed by atoms with van der Waals surface area (Å²) in [5.41, 5.74) is 8.56. The summed E-state index contributed by atoms with van der Waals surface area (Å²) >= 11 is 0. The van der Waals surface area contributed by atoms with Crippen LogP contribution >= 0.6 is 0 Å². The van der Waals surface area contributed by atoms with Gasteiger partial charge in [-0.2, -0.15) is 5.26 Å². The number of pyridine rings is 1. The standard InChI is InChI=1S/C14H14N4/c1-10(12-6-2-3-8-17-12)18-13-7-4-5-11(9-15)14(13)16/h2-8,10,18H,16H2,1H3. The summed E-state index contributed by atoms with van der Waals surface area (Å²) < 4.78 is 0. The molecule has 1 aromatic heterocycles. The minimum absolute atomic E-state index is 0.0300. The van der Waals surface area contributed by atoms with Gasteiger partial charge in [-0.1, -0.05) is 12.1 Å². The van der Waals surface area contributed by atoms with Crippen LogP contribution in [0.25, 0.3) is 0 Å². The van der Waals surface area contributed by atoms with Gasteiger partial charge in [0, 0.05) is 6.20 Å². The van der Waals surface area contributed by atoms with Crippen molar-refractivity contribution in [2.75, 3.05) is 11.1 Å². The number of nitriles is 1. The maximum atomic E-state index is 8.92. The molecule has 0 amide bonds. The number of benzene rings is 1. The van der Waals surface area contributed by atoms with E-state index >= 15 is 0 Å². The van der Waals surface area contributed by atoms with Crippen LogP contribution in [0.3, 0.4) is 0 Å². The number of para-hydroxylation sites is 1. The quantitative estimate of drug-likeness (QED) is 0.806. The van der Waals surface area contributed by atoms with Crippen LogP contribution in [0.4, 0.5) is 11.4 Å². The molecule has 0 saturated heterocycles. The smallest absolute Gasteiger partial charge is 0.101 e. The topological polar surface area (TPSA) is 74.7 Å². The van der Waals surface area contributed by atoms with Crippen LogP contribution in [-0.2, 0) is 0 Å². The SMILES string of the molecule is CC(Nc1cccc(C#N)c1N)c1ccccn1. The van der Waals surface area contributed by atoms with Gasteiger partial charge < -0.3 is 11.1 Å². The van der Waals surface area contributed by atoms with Crippen molar-refractivity contribution in [3.05, 3.63) is 53.9 Å². The first-order valence-electron chi connectivity index (χ1n) is 5.68. The minimum atomic E-state index is 0.0300. The monoisotopic (exact) mass is 238 g/mol. The summed E-state index contributed by atoms with van der Waals surface area (Å²) in [6.07, 6.45) is 1.75. The molecule has 1 aromatic carbocycles. The van der Waals surface area contributed by atoms with E-state index in [1.54, 1.807) is 12.3 Å². The average Bonchev–Trinajstić information content (AvgIpc) is 2.42. The number of aromatic nitrogens is 1. The van der Waals surface area contributed by atoms with E-state index in [-0.39, 0.29) is 6.04 Å². The Labute approximate surface area is 106 Å². The molecule has 0 radical (unpaired) electrons. The van der Waals surface area contributed by atoms with Crippen molar-refractivity contribution in [3.63, 3.8) is 0 Å². The molecule has 0 aliphatic heterocycles. The largest absolute Gasteiger partial charge is 0.396 e. The lowest BCUT2D eigenvalue weighted by molar-refractivity contribution is 0.840. The Hall–Kier alpha value is -2.54. The Bertz CT molecular complexity index is 572. The van der Waals surface area contributed by atoms with Gasteiger partial charge >= 0.3 is 0 Å². The van der Waals surface area contributed by atoms with Crippen LogP contribution in [0.1, 0.15) is 24.2 Å². The van der Waals surface area contributed by atoms with E-state index < -0.39 is 0 Å². The molecule has 2 aromatic rings. The molecule has 0 aliphatic carbocycles. The van der Waals surface area contributed by atoms with Crippen molar-refractivity contribution in [2.24, 2.45) is 0 Å². The van der Waals surface area contributed by atoms with Gasteiger partial charge in [0.1, 0.15) is 6.07 Å². The maximum absolute atomic E-state index is 8.92. The van der Waals surface area contributed by atoms with Crippen molar-refractivity contribution in [2.45, 2.75) is 13.0 Å². The van der Waals surface area contributed by atoms with E-state index in [9.17, 15) is 0 Å². The number of nitrogens with one attached hydrogen (secondary N) is 1. The van der Waals surface area contributed by atoms with Gasteiger partial charge in [0.2, 0.25) is 0 Å². The molecule has 0 spiro atoms. The number of nitrogen functional groups attached to an aromatic ring is 1. The molecule has 90 valence electrons. The molecular formula is C14H14N4. The fourth-order valence-corrected chi connectivity index (χ4v) is 1.73. The van der Waals surface area contributed by atoms with Crippen LogP contribution < -0.4 is 11.1 Å². The third-order valence-corrected chi connectivity index (χ3v) is 2.73. The first-order chi connectivity index (χ1) is 8.72. The zero-order chi connectivity index (χ0) is 13.0. The Morgan fingerprint density at radius 3 is 2.78 bits per heavy atom. The summed E-state index contributed by atoms with van der Waals surface area (Å²) in [7, 11) is 0. The zero-order valence-electron chi connectivity index (χ0n) is 10.1. The molecule has 0 bridgehead atoms. The third kappa shape index (κ3) is 2.41. The summed E-state index contributed by atoms with van der Waals surface area (Å²) in [4.78, 5) is 4.28. The molecule has 2 rings (SSSR count). The summed E-state index contributed by atoms with van der Waals surface area (Å²) in [5, 5.41) is 12.2. The molecule has 1 heterocycles. The van der Waals surface area contributed by atoms with Crippen LogP contribution in [0.2, 0.25) is 0 Å². The second-order valence-electron chi connectivity index (χ2n) is 4.00. The van der Waals surface area contributed by atoms with Gasteiger partial charge in [-0.05, 0) is 31.2 Å². The van der Waals surface area contributed by atoms with Gasteiger partial charge in [-0.25, -0.2) is 0 Å². The molecule has 4 nitrogen and oxygen atoms in total. The first kappa shape index (κ1) is 11.9. The van der Waals surface area contributed by atoms with Crippen molar-refractivity contribution < 1.29 is 0 Å². The number of nitrogens with zero attached hydrogens (tertiary/aromatic N) is 2. The van der Waals surface area contributed by atoms with Crippen LogP contribution in [0.15, 0.2) is 42.6 Å². The van der Waals surface area contributed by atoms with Gasteiger partial charge in [0.25, 0.3) is 0 Å².